The minimum Gasteiger partial charge on any atom is -0.487 e. The summed E-state index contributed by atoms with van der Waals surface area (Å²) in [6, 6.07) is 2.31. The molecule has 72 valence electrons. The van der Waals surface area contributed by atoms with E-state index in [1.165, 1.54) is 0 Å². The highest BCUT2D eigenvalue weighted by Crippen LogP contribution is 2.15. The highest BCUT2D eigenvalue weighted by Gasteiger charge is 2.05. The van der Waals surface area contributed by atoms with Gasteiger partial charge in [0.15, 0.2) is 0 Å². The predicted octanol–water partition coefficient (Wildman–Crippen LogP) is 2.61. The SMILES string of the molecule is Fc1cc(F)cc(OCC(F)F)c1. The Hall–Kier alpha value is -1.26. The van der Waals surface area contributed by atoms with Crippen molar-refractivity contribution >= 4 is 0 Å². The predicted molar refractivity (Wildman–Crippen MR) is 37.9 cm³/mol. The van der Waals surface area contributed by atoms with Crippen molar-refractivity contribution in [3.05, 3.63) is 29.8 Å². The molecule has 1 rings (SSSR count). The first kappa shape index (κ1) is 9.83. The molecule has 0 amide bonds. The van der Waals surface area contributed by atoms with Crippen molar-refractivity contribution in [3.8, 4) is 5.75 Å². The van der Waals surface area contributed by atoms with E-state index in [9.17, 15) is 17.6 Å². The van der Waals surface area contributed by atoms with Crippen molar-refractivity contribution in [3.63, 3.8) is 0 Å². The Balaban J connectivity index is 2.66. The lowest BCUT2D eigenvalue weighted by molar-refractivity contribution is 0.0815. The molecule has 0 aliphatic carbocycles. The van der Waals surface area contributed by atoms with Crippen molar-refractivity contribution < 1.29 is 22.3 Å². The van der Waals surface area contributed by atoms with Crippen LogP contribution in [0.5, 0.6) is 5.75 Å². The summed E-state index contributed by atoms with van der Waals surface area (Å²) in [7, 11) is 0. The largest absolute Gasteiger partial charge is 0.487 e. The van der Waals surface area contributed by atoms with Crippen LogP contribution < -0.4 is 4.74 Å². The molecule has 5 heteroatoms. The van der Waals surface area contributed by atoms with E-state index in [-0.39, 0.29) is 5.75 Å². The molecule has 0 heterocycles. The molecule has 0 bridgehead atoms. The second kappa shape index (κ2) is 4.11. The summed E-state index contributed by atoms with van der Waals surface area (Å²) in [4.78, 5) is 0. The van der Waals surface area contributed by atoms with E-state index in [0.717, 1.165) is 12.1 Å². The molecule has 0 saturated carbocycles. The quantitative estimate of drug-likeness (QED) is 0.672. The summed E-state index contributed by atoms with van der Waals surface area (Å²) in [5.41, 5.74) is 0. The zero-order valence-corrected chi connectivity index (χ0v) is 6.44. The van der Waals surface area contributed by atoms with Gasteiger partial charge in [-0.15, -0.1) is 0 Å². The molecule has 0 aromatic heterocycles. The van der Waals surface area contributed by atoms with Crippen LogP contribution in [0.3, 0.4) is 0 Å². The van der Waals surface area contributed by atoms with Gasteiger partial charge in [-0.25, -0.2) is 17.6 Å². The van der Waals surface area contributed by atoms with Crippen molar-refractivity contribution in [1.82, 2.24) is 0 Å². The molecule has 0 unspecified atom stereocenters. The Morgan fingerprint density at radius 3 is 2.08 bits per heavy atom. The number of rotatable bonds is 3. The van der Waals surface area contributed by atoms with Gasteiger partial charge in [0.05, 0.1) is 0 Å². The number of ether oxygens (including phenoxy) is 1. The third-order valence-electron chi connectivity index (χ3n) is 1.21. The molecular weight excluding hydrogens is 188 g/mol. The number of halogens is 4. The Bertz CT molecular complexity index is 267. The van der Waals surface area contributed by atoms with Crippen LogP contribution in [-0.4, -0.2) is 13.0 Å². The normalized spacial score (nSPS) is 10.5. The standard InChI is InChI=1S/C8H6F4O/c9-5-1-6(10)3-7(2-5)13-4-8(11)12/h1-3,8H,4H2. The first-order valence-corrected chi connectivity index (χ1v) is 3.45. The number of hydrogen-bond donors (Lipinski definition) is 0. The Morgan fingerprint density at radius 1 is 1.08 bits per heavy atom. The number of benzene rings is 1. The van der Waals surface area contributed by atoms with Crippen LogP contribution in [0.15, 0.2) is 18.2 Å². The smallest absolute Gasteiger partial charge is 0.272 e. The summed E-state index contributed by atoms with van der Waals surface area (Å²) in [5, 5.41) is 0. The van der Waals surface area contributed by atoms with E-state index in [1.54, 1.807) is 0 Å². The Kier molecular flexibility index (Phi) is 3.11. The van der Waals surface area contributed by atoms with Gasteiger partial charge in [-0.2, -0.15) is 0 Å². The zero-order valence-electron chi connectivity index (χ0n) is 6.44. The molecule has 0 N–H and O–H groups in total. The van der Waals surface area contributed by atoms with Crippen LogP contribution in [0.25, 0.3) is 0 Å². The van der Waals surface area contributed by atoms with Gasteiger partial charge in [-0.05, 0) is 0 Å². The molecule has 1 aromatic carbocycles. The Morgan fingerprint density at radius 2 is 1.62 bits per heavy atom. The minimum atomic E-state index is -2.66. The fourth-order valence-electron chi connectivity index (χ4n) is 0.771. The molecule has 0 spiro atoms. The first-order valence-electron chi connectivity index (χ1n) is 3.45. The van der Waals surface area contributed by atoms with Crippen molar-refractivity contribution in [2.45, 2.75) is 6.43 Å². The van der Waals surface area contributed by atoms with Gasteiger partial charge in [-0.3, -0.25) is 0 Å². The van der Waals surface area contributed by atoms with Gasteiger partial charge in [0.25, 0.3) is 6.43 Å². The maximum Gasteiger partial charge on any atom is 0.272 e. The number of alkyl halides is 2. The average Bonchev–Trinajstić information content (AvgIpc) is 1.99. The van der Waals surface area contributed by atoms with Gasteiger partial charge < -0.3 is 4.74 Å². The fourth-order valence-corrected chi connectivity index (χ4v) is 0.771. The maximum absolute atomic E-state index is 12.4. The number of hydrogen-bond acceptors (Lipinski definition) is 1. The molecule has 1 aromatic rings. The fraction of sp³-hybridized carbons (Fsp3) is 0.250. The van der Waals surface area contributed by atoms with E-state index in [1.807, 2.05) is 0 Å². The molecule has 13 heavy (non-hydrogen) atoms. The third-order valence-corrected chi connectivity index (χ3v) is 1.21. The highest BCUT2D eigenvalue weighted by molar-refractivity contribution is 5.23. The van der Waals surface area contributed by atoms with E-state index in [0.29, 0.717) is 6.07 Å². The lowest BCUT2D eigenvalue weighted by Crippen LogP contribution is -2.07. The minimum absolute atomic E-state index is 0.238. The lowest BCUT2D eigenvalue weighted by Gasteiger charge is -2.04. The van der Waals surface area contributed by atoms with E-state index in [2.05, 4.69) is 4.74 Å². The van der Waals surface area contributed by atoms with E-state index in [4.69, 9.17) is 0 Å². The molecule has 0 saturated heterocycles. The van der Waals surface area contributed by atoms with Crippen molar-refractivity contribution in [2.24, 2.45) is 0 Å². The molecule has 0 aliphatic heterocycles. The molecular formula is C8H6F4O. The molecule has 0 aliphatic rings. The van der Waals surface area contributed by atoms with E-state index >= 15 is 0 Å². The molecule has 0 atom stereocenters. The average molecular weight is 194 g/mol. The topological polar surface area (TPSA) is 9.23 Å². The second-order valence-electron chi connectivity index (χ2n) is 2.31. The highest BCUT2D eigenvalue weighted by atomic mass is 19.3. The second-order valence-corrected chi connectivity index (χ2v) is 2.31. The van der Waals surface area contributed by atoms with Gasteiger partial charge in [0.1, 0.15) is 24.0 Å². The first-order chi connectivity index (χ1) is 6.08. The summed E-state index contributed by atoms with van der Waals surface area (Å²) >= 11 is 0. The van der Waals surface area contributed by atoms with Crippen LogP contribution in [-0.2, 0) is 0 Å². The van der Waals surface area contributed by atoms with Crippen LogP contribution >= 0.6 is 0 Å². The summed E-state index contributed by atoms with van der Waals surface area (Å²) in [6.07, 6.45) is -2.66. The van der Waals surface area contributed by atoms with Crippen LogP contribution in [0, 0.1) is 11.6 Å². The monoisotopic (exact) mass is 194 g/mol. The molecule has 0 radical (unpaired) electrons. The van der Waals surface area contributed by atoms with Crippen LogP contribution in [0.1, 0.15) is 0 Å². The van der Waals surface area contributed by atoms with Crippen LogP contribution in [0.4, 0.5) is 17.6 Å². The zero-order chi connectivity index (χ0) is 9.84. The maximum atomic E-state index is 12.4. The van der Waals surface area contributed by atoms with Gasteiger partial charge in [-0.1, -0.05) is 0 Å². The summed E-state index contributed by atoms with van der Waals surface area (Å²) in [6.45, 7) is -0.872. The van der Waals surface area contributed by atoms with Crippen molar-refractivity contribution in [2.75, 3.05) is 6.61 Å². The van der Waals surface area contributed by atoms with Crippen LogP contribution in [0.2, 0.25) is 0 Å². The van der Waals surface area contributed by atoms with Gasteiger partial charge in [0, 0.05) is 18.2 Å². The molecule has 1 nitrogen and oxygen atoms in total. The molecule has 0 fully saturated rings. The Labute approximate surface area is 71.9 Å². The summed E-state index contributed by atoms with van der Waals surface area (Å²) < 4.78 is 52.5. The summed E-state index contributed by atoms with van der Waals surface area (Å²) in [5.74, 6) is -1.95. The van der Waals surface area contributed by atoms with Crippen molar-refractivity contribution in [1.29, 1.82) is 0 Å². The van der Waals surface area contributed by atoms with Gasteiger partial charge >= 0.3 is 0 Å². The van der Waals surface area contributed by atoms with Gasteiger partial charge in [0.2, 0.25) is 0 Å². The van der Waals surface area contributed by atoms with E-state index < -0.39 is 24.7 Å². The third kappa shape index (κ3) is 3.31. The lowest BCUT2D eigenvalue weighted by atomic mass is 10.3.